The van der Waals surface area contributed by atoms with Crippen molar-refractivity contribution in [3.63, 3.8) is 0 Å². The third kappa shape index (κ3) is 3.22. The number of fused-ring (bicyclic) bond motifs is 1. The van der Waals surface area contributed by atoms with Gasteiger partial charge >= 0.3 is 0 Å². The van der Waals surface area contributed by atoms with Gasteiger partial charge in [0.05, 0.1) is 11.4 Å². The SMILES string of the molecule is CNc1[nH]c(-c2cc([C@@H](C)NC(=O)c3ncnc4c3ccn4C)on2)nc1C=N. The summed E-state index contributed by atoms with van der Waals surface area (Å²) in [6, 6.07) is 3.05. The van der Waals surface area contributed by atoms with Gasteiger partial charge in [0.25, 0.3) is 5.91 Å². The van der Waals surface area contributed by atoms with Crippen LogP contribution in [-0.4, -0.2) is 48.8 Å². The molecule has 0 saturated heterocycles. The molecule has 0 fully saturated rings. The molecule has 0 spiro atoms. The lowest BCUT2D eigenvalue weighted by molar-refractivity contribution is 0.0930. The number of hydrogen-bond donors (Lipinski definition) is 4. The van der Waals surface area contributed by atoms with Gasteiger partial charge in [-0.1, -0.05) is 5.16 Å². The Morgan fingerprint density at radius 2 is 2.24 bits per heavy atom. The van der Waals surface area contributed by atoms with Crippen molar-refractivity contribution < 1.29 is 9.32 Å². The minimum Gasteiger partial charge on any atom is -0.373 e. The van der Waals surface area contributed by atoms with Crippen molar-refractivity contribution in [2.45, 2.75) is 13.0 Å². The molecule has 4 N–H and O–H groups in total. The number of rotatable bonds is 6. The minimum absolute atomic E-state index is 0.294. The van der Waals surface area contributed by atoms with Gasteiger partial charge in [0.2, 0.25) is 0 Å². The van der Waals surface area contributed by atoms with Crippen molar-refractivity contribution >= 4 is 29.0 Å². The molecule has 4 aromatic heterocycles. The number of carbonyl (C=O) groups excluding carboxylic acids is 1. The molecule has 0 bridgehead atoms. The monoisotopic (exact) mass is 393 g/mol. The number of carbonyl (C=O) groups is 1. The number of nitrogens with zero attached hydrogens (tertiary/aromatic N) is 5. The van der Waals surface area contributed by atoms with Crippen LogP contribution in [0.3, 0.4) is 0 Å². The zero-order valence-electron chi connectivity index (χ0n) is 16.0. The van der Waals surface area contributed by atoms with Crippen molar-refractivity contribution in [2.24, 2.45) is 7.05 Å². The maximum atomic E-state index is 12.7. The Morgan fingerprint density at radius 1 is 1.41 bits per heavy atom. The molecule has 4 heterocycles. The van der Waals surface area contributed by atoms with Crippen LogP contribution in [0, 0.1) is 5.41 Å². The summed E-state index contributed by atoms with van der Waals surface area (Å²) in [4.78, 5) is 28.4. The van der Waals surface area contributed by atoms with E-state index in [9.17, 15) is 4.79 Å². The normalized spacial score (nSPS) is 12.1. The Morgan fingerprint density at radius 3 is 2.97 bits per heavy atom. The lowest BCUT2D eigenvalue weighted by Crippen LogP contribution is -2.27. The van der Waals surface area contributed by atoms with E-state index in [0.717, 1.165) is 6.21 Å². The number of H-pyrrole nitrogens is 1. The molecule has 0 aliphatic heterocycles. The zero-order valence-corrected chi connectivity index (χ0v) is 16.0. The third-order valence-electron chi connectivity index (χ3n) is 4.54. The topological polar surface area (TPSA) is 150 Å². The fraction of sp³-hybridized carbons (Fsp3) is 0.222. The predicted octanol–water partition coefficient (Wildman–Crippen LogP) is 1.88. The van der Waals surface area contributed by atoms with Crippen LogP contribution in [0.5, 0.6) is 0 Å². The number of aromatic amines is 1. The second-order valence-electron chi connectivity index (χ2n) is 6.44. The van der Waals surface area contributed by atoms with E-state index in [1.807, 2.05) is 17.8 Å². The number of aryl methyl sites for hydroxylation is 1. The van der Waals surface area contributed by atoms with Crippen LogP contribution in [0.25, 0.3) is 22.6 Å². The average Bonchev–Trinajstić information content (AvgIpc) is 3.45. The number of aromatic nitrogens is 6. The van der Waals surface area contributed by atoms with Gasteiger partial charge in [0.1, 0.15) is 34.9 Å². The highest BCUT2D eigenvalue weighted by Gasteiger charge is 2.21. The molecule has 11 heteroatoms. The molecule has 0 saturated carbocycles. The number of hydrogen-bond acceptors (Lipinski definition) is 8. The highest BCUT2D eigenvalue weighted by atomic mass is 16.5. The van der Waals surface area contributed by atoms with Gasteiger partial charge in [-0.2, -0.15) is 0 Å². The molecular formula is C18H19N9O2. The number of imidazole rings is 1. The maximum absolute atomic E-state index is 12.7. The summed E-state index contributed by atoms with van der Waals surface area (Å²) < 4.78 is 7.21. The Hall–Kier alpha value is -4.02. The van der Waals surface area contributed by atoms with Gasteiger partial charge in [0, 0.05) is 32.6 Å². The fourth-order valence-corrected chi connectivity index (χ4v) is 3.00. The molecule has 29 heavy (non-hydrogen) atoms. The lowest BCUT2D eigenvalue weighted by atomic mass is 10.2. The summed E-state index contributed by atoms with van der Waals surface area (Å²) >= 11 is 0. The van der Waals surface area contributed by atoms with Crippen LogP contribution in [0.1, 0.15) is 34.9 Å². The van der Waals surface area contributed by atoms with Gasteiger partial charge in [-0.25, -0.2) is 15.0 Å². The van der Waals surface area contributed by atoms with Crippen LogP contribution in [0.15, 0.2) is 29.2 Å². The second kappa shape index (κ2) is 7.19. The van der Waals surface area contributed by atoms with Gasteiger partial charge in [-0.15, -0.1) is 0 Å². The Balaban J connectivity index is 1.55. The largest absolute Gasteiger partial charge is 0.373 e. The first-order valence-electron chi connectivity index (χ1n) is 8.84. The zero-order chi connectivity index (χ0) is 20.5. The molecule has 0 radical (unpaired) electrons. The number of nitrogens with one attached hydrogen (secondary N) is 4. The van der Waals surface area contributed by atoms with Crippen molar-refractivity contribution in [3.05, 3.63) is 41.8 Å². The summed E-state index contributed by atoms with van der Waals surface area (Å²) in [7, 11) is 3.58. The smallest absolute Gasteiger partial charge is 0.271 e. The van der Waals surface area contributed by atoms with E-state index < -0.39 is 6.04 Å². The molecule has 0 aliphatic carbocycles. The van der Waals surface area contributed by atoms with Crippen LogP contribution in [-0.2, 0) is 7.05 Å². The van der Waals surface area contributed by atoms with Crippen molar-refractivity contribution in [3.8, 4) is 11.5 Å². The van der Waals surface area contributed by atoms with Gasteiger partial charge in [-0.05, 0) is 13.0 Å². The summed E-state index contributed by atoms with van der Waals surface area (Å²) in [5.41, 5.74) is 1.91. The molecule has 0 aromatic carbocycles. The van der Waals surface area contributed by atoms with Crippen LogP contribution < -0.4 is 10.6 Å². The first-order valence-corrected chi connectivity index (χ1v) is 8.84. The first-order chi connectivity index (χ1) is 14.0. The van der Waals surface area contributed by atoms with E-state index >= 15 is 0 Å². The van der Waals surface area contributed by atoms with E-state index in [1.54, 1.807) is 26.1 Å². The molecule has 148 valence electrons. The maximum Gasteiger partial charge on any atom is 0.271 e. The Labute approximate surface area is 165 Å². The van der Waals surface area contributed by atoms with Crippen molar-refractivity contribution in [2.75, 3.05) is 12.4 Å². The molecule has 0 aliphatic rings. The fourth-order valence-electron chi connectivity index (χ4n) is 3.00. The molecule has 4 aromatic rings. The Bertz CT molecular complexity index is 1200. The van der Waals surface area contributed by atoms with E-state index in [2.05, 4.69) is 35.7 Å². The third-order valence-corrected chi connectivity index (χ3v) is 4.54. The number of amides is 1. The molecule has 0 unspecified atom stereocenters. The van der Waals surface area contributed by atoms with Crippen LogP contribution in [0.4, 0.5) is 5.82 Å². The van der Waals surface area contributed by atoms with E-state index in [-0.39, 0.29) is 5.91 Å². The Kier molecular flexibility index (Phi) is 4.55. The molecule has 11 nitrogen and oxygen atoms in total. The van der Waals surface area contributed by atoms with E-state index in [1.165, 1.54) is 6.33 Å². The molecule has 1 atom stereocenters. The minimum atomic E-state index is -0.446. The van der Waals surface area contributed by atoms with Gasteiger partial charge in [0.15, 0.2) is 11.6 Å². The summed E-state index contributed by atoms with van der Waals surface area (Å²) in [5.74, 6) is 1.20. The molecular weight excluding hydrogens is 374 g/mol. The van der Waals surface area contributed by atoms with Gasteiger partial charge < -0.3 is 30.1 Å². The standard InChI is InChI=1S/C18H19N9O2/c1-9(23-18(28)14-10-4-5-27(3)17(10)22-8-21-14)13-6-11(26-29-13)16-24-12(7-19)15(20-2)25-16/h4-9,19-20H,1-3H3,(H,23,28)(H,24,25)/t9-/m1/s1. The first kappa shape index (κ1) is 18.3. The summed E-state index contributed by atoms with van der Waals surface area (Å²) in [6.07, 6.45) is 4.33. The van der Waals surface area contributed by atoms with Crippen molar-refractivity contribution in [1.82, 2.24) is 35.0 Å². The predicted molar refractivity (Wildman–Crippen MR) is 106 cm³/mol. The van der Waals surface area contributed by atoms with Crippen LogP contribution >= 0.6 is 0 Å². The van der Waals surface area contributed by atoms with Crippen molar-refractivity contribution in [1.29, 1.82) is 5.41 Å². The molecule has 4 rings (SSSR count). The van der Waals surface area contributed by atoms with E-state index in [0.29, 0.717) is 45.5 Å². The second-order valence-corrected chi connectivity index (χ2v) is 6.44. The highest BCUT2D eigenvalue weighted by molar-refractivity contribution is 6.03. The lowest BCUT2D eigenvalue weighted by Gasteiger charge is -2.10. The van der Waals surface area contributed by atoms with E-state index in [4.69, 9.17) is 9.93 Å². The number of anilines is 1. The highest BCUT2D eigenvalue weighted by Crippen LogP contribution is 2.23. The average molecular weight is 393 g/mol. The van der Waals surface area contributed by atoms with Crippen LogP contribution in [0.2, 0.25) is 0 Å². The quantitative estimate of drug-likeness (QED) is 0.365. The van der Waals surface area contributed by atoms with Gasteiger partial charge in [-0.3, -0.25) is 4.79 Å². The molecule has 1 amide bonds. The summed E-state index contributed by atoms with van der Waals surface area (Å²) in [5, 5.41) is 17.9. The summed E-state index contributed by atoms with van der Waals surface area (Å²) in [6.45, 7) is 1.79.